The van der Waals surface area contributed by atoms with Crippen LogP contribution in [0.3, 0.4) is 0 Å². The van der Waals surface area contributed by atoms with E-state index in [4.69, 9.17) is 9.39 Å². The molecule has 0 aromatic rings. The van der Waals surface area contributed by atoms with Crippen molar-refractivity contribution < 1.29 is 41.8 Å². The summed E-state index contributed by atoms with van der Waals surface area (Å²) in [5, 5.41) is -1.87. The minimum atomic E-state index is -4.77. The SMILES string of the molecule is O=C(ON1C(=O)C[C@H](S(=O)(=O)O)C1=O)C1CCC(CN2C(=O)C=CC2=O)CC1. The lowest BCUT2D eigenvalue weighted by atomic mass is 9.82. The molecule has 0 spiro atoms. The molecule has 0 aromatic heterocycles. The number of amides is 4. The van der Waals surface area contributed by atoms with E-state index in [-0.39, 0.29) is 29.3 Å². The number of imide groups is 2. The van der Waals surface area contributed by atoms with Crippen molar-refractivity contribution in [3.63, 3.8) is 0 Å². The maximum atomic E-state index is 12.2. The molecular formula is C16H18N2O9S. The fraction of sp³-hybridized carbons (Fsp3) is 0.562. The number of carbonyl (C=O) groups is 5. The molecule has 1 saturated carbocycles. The Hall–Kier alpha value is -2.60. The van der Waals surface area contributed by atoms with Crippen LogP contribution in [0.25, 0.3) is 0 Å². The van der Waals surface area contributed by atoms with Crippen LogP contribution < -0.4 is 0 Å². The Bertz CT molecular complexity index is 853. The molecule has 1 saturated heterocycles. The van der Waals surface area contributed by atoms with Gasteiger partial charge in [0.25, 0.3) is 33.7 Å². The van der Waals surface area contributed by atoms with Crippen LogP contribution in [0, 0.1) is 11.8 Å². The number of nitrogens with zero attached hydrogens (tertiary/aromatic N) is 2. The van der Waals surface area contributed by atoms with Crippen LogP contribution in [-0.4, -0.2) is 64.3 Å². The van der Waals surface area contributed by atoms with Crippen molar-refractivity contribution >= 4 is 39.7 Å². The topological polar surface area (TPSA) is 155 Å². The smallest absolute Gasteiger partial charge is 0.330 e. The highest BCUT2D eigenvalue weighted by atomic mass is 32.2. The van der Waals surface area contributed by atoms with Crippen LogP contribution in [0.4, 0.5) is 0 Å². The second-order valence-corrected chi connectivity index (χ2v) is 8.58. The molecule has 152 valence electrons. The van der Waals surface area contributed by atoms with Gasteiger partial charge in [0, 0.05) is 18.7 Å². The Labute approximate surface area is 160 Å². The van der Waals surface area contributed by atoms with Crippen LogP contribution >= 0.6 is 0 Å². The van der Waals surface area contributed by atoms with E-state index in [9.17, 15) is 32.4 Å². The highest BCUT2D eigenvalue weighted by molar-refractivity contribution is 7.87. The lowest BCUT2D eigenvalue weighted by molar-refractivity contribution is -0.201. The van der Waals surface area contributed by atoms with E-state index in [0.717, 1.165) is 4.90 Å². The number of carbonyl (C=O) groups excluding carboxylic acids is 5. The van der Waals surface area contributed by atoms with Gasteiger partial charge in [-0.2, -0.15) is 8.42 Å². The van der Waals surface area contributed by atoms with Crippen molar-refractivity contribution in [2.45, 2.75) is 37.4 Å². The molecule has 0 aromatic carbocycles. The quantitative estimate of drug-likeness (QED) is 0.449. The van der Waals surface area contributed by atoms with E-state index in [1.807, 2.05) is 0 Å². The zero-order chi connectivity index (χ0) is 20.6. The lowest BCUT2D eigenvalue weighted by Crippen LogP contribution is -2.40. The Morgan fingerprint density at radius 1 is 1.07 bits per heavy atom. The van der Waals surface area contributed by atoms with E-state index in [2.05, 4.69) is 0 Å². The maximum absolute atomic E-state index is 12.2. The van der Waals surface area contributed by atoms with E-state index in [1.165, 1.54) is 12.2 Å². The third kappa shape index (κ3) is 3.97. The van der Waals surface area contributed by atoms with Crippen molar-refractivity contribution in [1.82, 2.24) is 9.96 Å². The van der Waals surface area contributed by atoms with Crippen LogP contribution in [0.2, 0.25) is 0 Å². The third-order valence-corrected chi connectivity index (χ3v) is 6.21. The summed E-state index contributed by atoms with van der Waals surface area (Å²) in [4.78, 5) is 65.0. The van der Waals surface area contributed by atoms with Gasteiger partial charge in [-0.3, -0.25) is 28.6 Å². The first-order valence-corrected chi connectivity index (χ1v) is 10.2. The van der Waals surface area contributed by atoms with Gasteiger partial charge in [-0.05, 0) is 31.6 Å². The fourth-order valence-electron chi connectivity index (χ4n) is 3.53. The normalized spacial score (nSPS) is 28.4. The zero-order valence-electron chi connectivity index (χ0n) is 14.6. The van der Waals surface area contributed by atoms with Crippen LogP contribution in [0.15, 0.2) is 12.2 Å². The first-order valence-electron chi connectivity index (χ1n) is 8.66. The molecule has 28 heavy (non-hydrogen) atoms. The summed E-state index contributed by atoms with van der Waals surface area (Å²) in [6.45, 7) is 0.256. The Balaban J connectivity index is 1.52. The predicted molar refractivity (Wildman–Crippen MR) is 89.2 cm³/mol. The van der Waals surface area contributed by atoms with E-state index >= 15 is 0 Å². The number of hydrogen-bond donors (Lipinski definition) is 1. The molecule has 4 amide bonds. The molecule has 3 rings (SSSR count). The van der Waals surface area contributed by atoms with Gasteiger partial charge in [0.2, 0.25) is 0 Å². The third-order valence-electron chi connectivity index (χ3n) is 5.12. The highest BCUT2D eigenvalue weighted by Gasteiger charge is 2.49. The molecule has 2 aliphatic heterocycles. The molecule has 2 fully saturated rings. The molecule has 0 bridgehead atoms. The van der Waals surface area contributed by atoms with Crippen molar-refractivity contribution in [1.29, 1.82) is 0 Å². The Kier molecular flexibility index (Phi) is 5.35. The molecule has 11 nitrogen and oxygen atoms in total. The standard InChI is InChI=1S/C16H18N2O9S/c19-12-5-6-13(20)17(12)8-9-1-3-10(4-2-9)16(23)27-18-14(21)7-11(15(18)22)28(24,25)26/h5-6,9-11H,1-4,7-8H2,(H,24,25,26)/t9?,10?,11-/m0/s1. The van der Waals surface area contributed by atoms with Crippen molar-refractivity contribution in [3.8, 4) is 0 Å². The minimum Gasteiger partial charge on any atom is -0.330 e. The summed E-state index contributed by atoms with van der Waals surface area (Å²) in [6, 6.07) is 0. The molecular weight excluding hydrogens is 396 g/mol. The van der Waals surface area contributed by atoms with Gasteiger partial charge in [-0.1, -0.05) is 0 Å². The average Bonchev–Trinajstić information content (AvgIpc) is 3.09. The number of rotatable bonds is 5. The molecule has 0 radical (unpaired) electrons. The van der Waals surface area contributed by atoms with Crippen LogP contribution in [0.1, 0.15) is 32.1 Å². The van der Waals surface area contributed by atoms with Gasteiger partial charge in [-0.25, -0.2) is 4.79 Å². The van der Waals surface area contributed by atoms with Crippen LogP contribution in [0.5, 0.6) is 0 Å². The average molecular weight is 414 g/mol. The molecule has 12 heteroatoms. The van der Waals surface area contributed by atoms with E-state index < -0.39 is 45.5 Å². The van der Waals surface area contributed by atoms with Crippen molar-refractivity contribution in [2.24, 2.45) is 11.8 Å². The minimum absolute atomic E-state index is 0.0239. The largest absolute Gasteiger partial charge is 0.336 e. The zero-order valence-corrected chi connectivity index (χ0v) is 15.5. The van der Waals surface area contributed by atoms with Gasteiger partial charge in [0.05, 0.1) is 12.3 Å². The molecule has 1 aliphatic carbocycles. The summed E-state index contributed by atoms with van der Waals surface area (Å²) >= 11 is 0. The fourth-order valence-corrected chi connectivity index (χ4v) is 4.23. The van der Waals surface area contributed by atoms with Crippen molar-refractivity contribution in [3.05, 3.63) is 12.2 Å². The predicted octanol–water partition coefficient (Wildman–Crippen LogP) is -0.809. The van der Waals surface area contributed by atoms with Crippen molar-refractivity contribution in [2.75, 3.05) is 6.54 Å². The molecule has 1 N–H and O–H groups in total. The van der Waals surface area contributed by atoms with E-state index in [0.29, 0.717) is 25.7 Å². The second-order valence-electron chi connectivity index (χ2n) is 6.98. The molecule has 1 atom stereocenters. The van der Waals surface area contributed by atoms with Gasteiger partial charge >= 0.3 is 5.97 Å². The summed E-state index contributed by atoms with van der Waals surface area (Å²) < 4.78 is 31.2. The molecule has 0 unspecified atom stereocenters. The molecule has 2 heterocycles. The Morgan fingerprint density at radius 3 is 2.14 bits per heavy atom. The molecule has 3 aliphatic rings. The highest BCUT2D eigenvalue weighted by Crippen LogP contribution is 2.31. The Morgan fingerprint density at radius 2 is 1.64 bits per heavy atom. The lowest BCUT2D eigenvalue weighted by Gasteiger charge is -2.29. The maximum Gasteiger partial charge on any atom is 0.336 e. The monoisotopic (exact) mass is 414 g/mol. The second kappa shape index (κ2) is 7.43. The van der Waals surface area contributed by atoms with Gasteiger partial charge in [0.15, 0.2) is 5.25 Å². The van der Waals surface area contributed by atoms with Gasteiger partial charge < -0.3 is 4.84 Å². The number of hydrogen-bond acceptors (Lipinski definition) is 8. The van der Waals surface area contributed by atoms with Gasteiger partial charge in [-0.15, -0.1) is 5.06 Å². The summed E-state index contributed by atoms with van der Waals surface area (Å²) in [5.41, 5.74) is 0. The van der Waals surface area contributed by atoms with Crippen LogP contribution in [-0.2, 0) is 38.9 Å². The van der Waals surface area contributed by atoms with Gasteiger partial charge in [0.1, 0.15) is 0 Å². The number of hydroxylamine groups is 2. The first-order chi connectivity index (χ1) is 13.1. The first kappa shape index (κ1) is 20.1. The van der Waals surface area contributed by atoms with E-state index in [1.54, 1.807) is 0 Å². The summed E-state index contributed by atoms with van der Waals surface area (Å²) in [7, 11) is -4.77. The summed E-state index contributed by atoms with van der Waals surface area (Å²) in [5.74, 6) is -4.48. The summed E-state index contributed by atoms with van der Waals surface area (Å²) in [6.07, 6.45) is 3.42.